The third kappa shape index (κ3) is 6.82. The second-order valence-corrected chi connectivity index (χ2v) is 7.22. The molecule has 5 nitrogen and oxygen atoms in total. The number of amides is 2. The van der Waals surface area contributed by atoms with Crippen molar-refractivity contribution in [2.24, 2.45) is 5.41 Å². The van der Waals surface area contributed by atoms with Gasteiger partial charge in [-0.3, -0.25) is 9.59 Å². The molecule has 0 spiro atoms. The summed E-state index contributed by atoms with van der Waals surface area (Å²) in [5.74, 6) is -0.312. The molecular formula is C18H29N3O2. The normalized spacial score (nSPS) is 12.8. The fourth-order valence-electron chi connectivity index (χ4n) is 1.95. The number of nitrogens with zero attached hydrogens (tertiary/aromatic N) is 1. The second-order valence-electron chi connectivity index (χ2n) is 7.22. The molecule has 0 aliphatic rings. The van der Waals surface area contributed by atoms with Crippen molar-refractivity contribution >= 4 is 11.8 Å². The van der Waals surface area contributed by atoms with Crippen molar-refractivity contribution in [2.45, 2.75) is 46.8 Å². The third-order valence-corrected chi connectivity index (χ3v) is 3.41. The van der Waals surface area contributed by atoms with Crippen LogP contribution in [0.1, 0.15) is 38.8 Å². The van der Waals surface area contributed by atoms with Gasteiger partial charge in [0, 0.05) is 18.5 Å². The van der Waals surface area contributed by atoms with E-state index in [1.54, 1.807) is 6.92 Å². The topological polar surface area (TPSA) is 61.4 Å². The van der Waals surface area contributed by atoms with Crippen LogP contribution in [0.4, 0.5) is 0 Å². The van der Waals surface area contributed by atoms with Gasteiger partial charge in [0.15, 0.2) is 0 Å². The maximum absolute atomic E-state index is 12.1. The smallest absolute Gasteiger partial charge is 0.242 e. The van der Waals surface area contributed by atoms with Crippen LogP contribution in [-0.4, -0.2) is 36.9 Å². The van der Waals surface area contributed by atoms with Crippen molar-refractivity contribution in [3.8, 4) is 0 Å². The highest BCUT2D eigenvalue weighted by atomic mass is 16.2. The van der Waals surface area contributed by atoms with E-state index >= 15 is 0 Å². The summed E-state index contributed by atoms with van der Waals surface area (Å²) in [7, 11) is 4.06. The average molecular weight is 319 g/mol. The Morgan fingerprint density at radius 1 is 1.09 bits per heavy atom. The predicted molar refractivity (Wildman–Crippen MR) is 92.7 cm³/mol. The van der Waals surface area contributed by atoms with Crippen LogP contribution in [0.2, 0.25) is 0 Å². The Bertz CT molecular complexity index is 530. The molecule has 0 heterocycles. The largest absolute Gasteiger partial charge is 0.350 e. The van der Waals surface area contributed by atoms with E-state index in [4.69, 9.17) is 0 Å². The molecule has 0 aliphatic heterocycles. The van der Waals surface area contributed by atoms with Gasteiger partial charge in [0.05, 0.1) is 0 Å². The zero-order valence-electron chi connectivity index (χ0n) is 15.1. The van der Waals surface area contributed by atoms with E-state index in [0.29, 0.717) is 6.54 Å². The van der Waals surface area contributed by atoms with Crippen molar-refractivity contribution in [3.63, 3.8) is 0 Å². The first-order chi connectivity index (χ1) is 10.6. The molecule has 0 bridgehead atoms. The Morgan fingerprint density at radius 2 is 1.61 bits per heavy atom. The molecule has 1 rings (SSSR count). The number of carbonyl (C=O) groups excluding carboxylic acids is 2. The molecule has 1 atom stereocenters. The Kier molecular flexibility index (Phi) is 6.76. The number of hydrogen-bond acceptors (Lipinski definition) is 3. The maximum Gasteiger partial charge on any atom is 0.242 e. The predicted octanol–water partition coefficient (Wildman–Crippen LogP) is 1.92. The molecule has 0 aromatic heterocycles. The lowest BCUT2D eigenvalue weighted by molar-refractivity contribution is -0.133. The van der Waals surface area contributed by atoms with Crippen LogP contribution in [0.15, 0.2) is 24.3 Å². The lowest BCUT2D eigenvalue weighted by atomic mass is 9.95. The summed E-state index contributed by atoms with van der Waals surface area (Å²) in [4.78, 5) is 26.1. The van der Waals surface area contributed by atoms with Gasteiger partial charge in [-0.2, -0.15) is 0 Å². The fourth-order valence-corrected chi connectivity index (χ4v) is 1.95. The van der Waals surface area contributed by atoms with Crippen LogP contribution in [0.25, 0.3) is 0 Å². The van der Waals surface area contributed by atoms with Crippen molar-refractivity contribution in [3.05, 3.63) is 35.4 Å². The van der Waals surface area contributed by atoms with Crippen LogP contribution in [0, 0.1) is 5.41 Å². The van der Waals surface area contributed by atoms with Gasteiger partial charge >= 0.3 is 0 Å². The minimum absolute atomic E-state index is 0.131. The zero-order valence-corrected chi connectivity index (χ0v) is 15.1. The van der Waals surface area contributed by atoms with Gasteiger partial charge in [0.2, 0.25) is 11.8 Å². The van der Waals surface area contributed by atoms with Crippen LogP contribution < -0.4 is 10.6 Å². The summed E-state index contributed by atoms with van der Waals surface area (Å²) < 4.78 is 0. The molecule has 128 valence electrons. The van der Waals surface area contributed by atoms with E-state index in [1.165, 1.54) is 5.56 Å². The molecule has 2 N–H and O–H groups in total. The molecule has 1 aromatic carbocycles. The van der Waals surface area contributed by atoms with E-state index in [2.05, 4.69) is 27.7 Å². The summed E-state index contributed by atoms with van der Waals surface area (Å²) >= 11 is 0. The molecule has 0 fully saturated rings. The summed E-state index contributed by atoms with van der Waals surface area (Å²) in [6, 6.07) is 7.60. The van der Waals surface area contributed by atoms with Gasteiger partial charge in [-0.15, -0.1) is 0 Å². The minimum atomic E-state index is -0.547. The number of hydrogen-bond donors (Lipinski definition) is 2. The Hall–Kier alpha value is -1.88. The quantitative estimate of drug-likeness (QED) is 0.842. The highest BCUT2D eigenvalue weighted by molar-refractivity contribution is 5.89. The molecule has 1 unspecified atom stereocenters. The molecule has 5 heteroatoms. The fraction of sp³-hybridized carbons (Fsp3) is 0.556. The maximum atomic E-state index is 12.1. The van der Waals surface area contributed by atoms with E-state index in [0.717, 1.165) is 12.1 Å². The van der Waals surface area contributed by atoms with E-state index in [-0.39, 0.29) is 11.8 Å². The van der Waals surface area contributed by atoms with E-state index in [9.17, 15) is 9.59 Å². The summed E-state index contributed by atoms with van der Waals surface area (Å²) in [6.45, 7) is 8.51. The van der Waals surface area contributed by atoms with Gasteiger partial charge in [-0.05, 0) is 32.1 Å². The number of rotatable bonds is 6. The van der Waals surface area contributed by atoms with Gasteiger partial charge < -0.3 is 15.5 Å². The molecule has 2 amide bonds. The second kappa shape index (κ2) is 8.11. The van der Waals surface area contributed by atoms with E-state index < -0.39 is 11.5 Å². The highest BCUT2D eigenvalue weighted by Crippen LogP contribution is 2.12. The van der Waals surface area contributed by atoms with Gasteiger partial charge in [-0.25, -0.2) is 0 Å². The first-order valence-corrected chi connectivity index (χ1v) is 7.91. The molecule has 0 aliphatic carbocycles. The number of nitrogens with one attached hydrogen (secondary N) is 2. The van der Waals surface area contributed by atoms with Crippen molar-refractivity contribution in [1.29, 1.82) is 0 Å². The van der Waals surface area contributed by atoms with Crippen LogP contribution in [0.3, 0.4) is 0 Å². The summed E-state index contributed by atoms with van der Waals surface area (Å²) in [6.07, 6.45) is 0. The molecule has 0 saturated carbocycles. The first-order valence-electron chi connectivity index (χ1n) is 7.91. The average Bonchev–Trinajstić information content (AvgIpc) is 2.44. The zero-order chi connectivity index (χ0) is 17.6. The molecule has 1 aromatic rings. The first kappa shape index (κ1) is 19.2. The SMILES string of the molecule is CC(NC(=O)C(C)(C)C)C(=O)NCc1ccc(CN(C)C)cc1. The number of benzene rings is 1. The summed E-state index contributed by atoms with van der Waals surface area (Å²) in [5, 5.41) is 5.58. The Labute approximate surface area is 139 Å². The van der Waals surface area contributed by atoms with Crippen LogP contribution >= 0.6 is 0 Å². The Morgan fingerprint density at radius 3 is 2.09 bits per heavy atom. The standard InChI is InChI=1S/C18H29N3O2/c1-13(20-17(23)18(2,3)4)16(22)19-11-14-7-9-15(10-8-14)12-21(5)6/h7-10,13H,11-12H2,1-6H3,(H,19,22)(H,20,23). The van der Waals surface area contributed by atoms with Gasteiger partial charge in [0.25, 0.3) is 0 Å². The Balaban J connectivity index is 2.48. The number of carbonyl (C=O) groups is 2. The van der Waals surface area contributed by atoms with Crippen molar-refractivity contribution < 1.29 is 9.59 Å². The van der Waals surface area contributed by atoms with Crippen molar-refractivity contribution in [1.82, 2.24) is 15.5 Å². The lowest BCUT2D eigenvalue weighted by Crippen LogP contribution is -2.48. The molecule has 0 saturated heterocycles. The van der Waals surface area contributed by atoms with E-state index in [1.807, 2.05) is 47.0 Å². The minimum Gasteiger partial charge on any atom is -0.350 e. The lowest BCUT2D eigenvalue weighted by Gasteiger charge is -2.21. The molecule has 0 radical (unpaired) electrons. The van der Waals surface area contributed by atoms with Crippen LogP contribution in [0.5, 0.6) is 0 Å². The summed E-state index contributed by atoms with van der Waals surface area (Å²) in [5.41, 5.74) is 1.77. The van der Waals surface area contributed by atoms with Gasteiger partial charge in [0.1, 0.15) is 6.04 Å². The monoisotopic (exact) mass is 319 g/mol. The molecular weight excluding hydrogens is 290 g/mol. The molecule has 23 heavy (non-hydrogen) atoms. The van der Waals surface area contributed by atoms with Gasteiger partial charge in [-0.1, -0.05) is 45.0 Å². The highest BCUT2D eigenvalue weighted by Gasteiger charge is 2.24. The van der Waals surface area contributed by atoms with Crippen LogP contribution in [-0.2, 0) is 22.7 Å². The van der Waals surface area contributed by atoms with Crippen molar-refractivity contribution in [2.75, 3.05) is 14.1 Å². The third-order valence-electron chi connectivity index (χ3n) is 3.41.